The molecular formula is C22H20N4O3S2. The SMILES string of the molecule is CN(CC(=O)NCc1ccco1)C(=O)CSc1ncnc2sc(-c3ccccc3)cc12. The molecule has 3 aromatic heterocycles. The van der Waals surface area contributed by atoms with Crippen molar-refractivity contribution < 1.29 is 14.0 Å². The normalized spacial score (nSPS) is 10.9. The number of furan rings is 1. The van der Waals surface area contributed by atoms with Crippen molar-refractivity contribution in [1.29, 1.82) is 0 Å². The quantitative estimate of drug-likeness (QED) is 0.323. The third-order valence-corrected chi connectivity index (χ3v) is 6.61. The van der Waals surface area contributed by atoms with Gasteiger partial charge in [0.1, 0.15) is 21.9 Å². The van der Waals surface area contributed by atoms with Crippen LogP contribution < -0.4 is 5.32 Å². The molecule has 31 heavy (non-hydrogen) atoms. The summed E-state index contributed by atoms with van der Waals surface area (Å²) in [5.41, 5.74) is 1.12. The van der Waals surface area contributed by atoms with Gasteiger partial charge in [0.2, 0.25) is 11.8 Å². The Morgan fingerprint density at radius 2 is 2.00 bits per heavy atom. The standard InChI is InChI=1S/C22H20N4O3S2/c1-26(12-19(27)23-11-16-8-5-9-29-16)20(28)13-30-21-17-10-18(15-6-3-2-4-7-15)31-22(17)25-14-24-21/h2-10,14H,11-13H2,1H3,(H,23,27). The van der Waals surface area contributed by atoms with Crippen LogP contribution in [0.5, 0.6) is 0 Å². The third kappa shape index (κ3) is 5.31. The molecule has 0 aliphatic heterocycles. The summed E-state index contributed by atoms with van der Waals surface area (Å²) < 4.78 is 5.18. The number of hydrogen-bond donors (Lipinski definition) is 1. The van der Waals surface area contributed by atoms with Crippen molar-refractivity contribution >= 4 is 45.1 Å². The van der Waals surface area contributed by atoms with E-state index >= 15 is 0 Å². The zero-order valence-electron chi connectivity index (χ0n) is 16.8. The summed E-state index contributed by atoms with van der Waals surface area (Å²) in [6.07, 6.45) is 3.07. The number of carbonyl (C=O) groups excluding carboxylic acids is 2. The number of rotatable bonds is 8. The van der Waals surface area contributed by atoms with Gasteiger partial charge in [-0.3, -0.25) is 9.59 Å². The molecule has 1 N–H and O–H groups in total. The maximum Gasteiger partial charge on any atom is 0.239 e. The number of nitrogens with one attached hydrogen (secondary N) is 1. The Hall–Kier alpha value is -3.17. The highest BCUT2D eigenvalue weighted by Gasteiger charge is 2.16. The number of likely N-dealkylation sites (N-methyl/N-ethyl adjacent to an activating group) is 1. The maximum absolute atomic E-state index is 12.5. The third-order valence-electron chi connectivity index (χ3n) is 4.53. The number of carbonyl (C=O) groups is 2. The first-order valence-electron chi connectivity index (χ1n) is 9.56. The monoisotopic (exact) mass is 452 g/mol. The Balaban J connectivity index is 1.35. The molecule has 0 saturated heterocycles. The first-order chi connectivity index (χ1) is 15.1. The summed E-state index contributed by atoms with van der Waals surface area (Å²) in [5.74, 6) is 0.455. The van der Waals surface area contributed by atoms with Gasteiger partial charge in [0.15, 0.2) is 0 Å². The van der Waals surface area contributed by atoms with Crippen LogP contribution in [0.4, 0.5) is 0 Å². The fraction of sp³-hybridized carbons (Fsp3) is 0.182. The molecule has 9 heteroatoms. The summed E-state index contributed by atoms with van der Waals surface area (Å²) in [6.45, 7) is 0.277. The minimum absolute atomic E-state index is 0.0180. The summed E-state index contributed by atoms with van der Waals surface area (Å²) in [4.78, 5) is 36.7. The van der Waals surface area contributed by atoms with Crippen molar-refractivity contribution in [2.45, 2.75) is 11.6 Å². The fourth-order valence-corrected chi connectivity index (χ4v) is 4.87. The van der Waals surface area contributed by atoms with E-state index < -0.39 is 0 Å². The van der Waals surface area contributed by atoms with E-state index in [1.165, 1.54) is 23.0 Å². The molecule has 158 valence electrons. The summed E-state index contributed by atoms with van der Waals surface area (Å²) in [7, 11) is 1.61. The Kier molecular flexibility index (Phi) is 6.63. The summed E-state index contributed by atoms with van der Waals surface area (Å²) in [6, 6.07) is 15.7. The fourth-order valence-electron chi connectivity index (χ4n) is 2.89. The van der Waals surface area contributed by atoms with Gasteiger partial charge in [-0.1, -0.05) is 42.1 Å². The molecule has 7 nitrogen and oxygen atoms in total. The van der Waals surface area contributed by atoms with Gasteiger partial charge in [-0.05, 0) is 23.8 Å². The van der Waals surface area contributed by atoms with Crippen molar-refractivity contribution in [3.63, 3.8) is 0 Å². The minimum atomic E-state index is -0.244. The van der Waals surface area contributed by atoms with Crippen molar-refractivity contribution in [3.05, 3.63) is 66.9 Å². The van der Waals surface area contributed by atoms with E-state index in [2.05, 4.69) is 33.5 Å². The Bertz CT molecular complexity index is 1180. The molecule has 0 aliphatic rings. The summed E-state index contributed by atoms with van der Waals surface area (Å²) in [5, 5.41) is 4.42. The van der Waals surface area contributed by atoms with E-state index in [0.717, 1.165) is 25.7 Å². The molecule has 0 fully saturated rings. The number of aromatic nitrogens is 2. The first-order valence-corrected chi connectivity index (χ1v) is 11.4. The van der Waals surface area contributed by atoms with Crippen molar-refractivity contribution in [2.24, 2.45) is 0 Å². The van der Waals surface area contributed by atoms with Crippen LogP contribution in [0, 0.1) is 0 Å². The molecule has 0 bridgehead atoms. The molecule has 0 unspecified atom stereocenters. The average Bonchev–Trinajstić information content (AvgIpc) is 3.46. The highest BCUT2D eigenvalue weighted by atomic mass is 32.2. The maximum atomic E-state index is 12.5. The largest absolute Gasteiger partial charge is 0.467 e. The molecule has 0 spiro atoms. The van der Waals surface area contributed by atoms with Crippen LogP contribution in [-0.2, 0) is 16.1 Å². The lowest BCUT2D eigenvalue weighted by Crippen LogP contribution is -2.38. The van der Waals surface area contributed by atoms with Gasteiger partial charge in [-0.25, -0.2) is 9.97 Å². The predicted octanol–water partition coefficient (Wildman–Crippen LogP) is 3.82. The lowest BCUT2D eigenvalue weighted by Gasteiger charge is -2.16. The molecule has 0 radical (unpaired) electrons. The van der Waals surface area contributed by atoms with Gasteiger partial charge >= 0.3 is 0 Å². The lowest BCUT2D eigenvalue weighted by atomic mass is 10.2. The average molecular weight is 453 g/mol. The smallest absolute Gasteiger partial charge is 0.239 e. The Morgan fingerprint density at radius 1 is 1.16 bits per heavy atom. The number of thiophene rings is 1. The lowest BCUT2D eigenvalue weighted by molar-refractivity contribution is -0.132. The van der Waals surface area contributed by atoms with E-state index in [-0.39, 0.29) is 24.1 Å². The number of nitrogens with zero attached hydrogens (tertiary/aromatic N) is 3. The molecule has 3 heterocycles. The van der Waals surface area contributed by atoms with Crippen molar-refractivity contribution in [2.75, 3.05) is 19.3 Å². The molecular weight excluding hydrogens is 432 g/mol. The van der Waals surface area contributed by atoms with Gasteiger partial charge in [0.05, 0.1) is 25.1 Å². The second-order valence-corrected chi connectivity index (χ2v) is 8.76. The number of benzene rings is 1. The molecule has 4 rings (SSSR count). The molecule has 0 atom stereocenters. The van der Waals surface area contributed by atoms with Crippen LogP contribution in [0.15, 0.2) is 70.6 Å². The van der Waals surface area contributed by atoms with Crippen LogP contribution >= 0.6 is 23.1 Å². The van der Waals surface area contributed by atoms with Gasteiger partial charge in [-0.15, -0.1) is 11.3 Å². The van der Waals surface area contributed by atoms with Gasteiger partial charge in [0.25, 0.3) is 0 Å². The van der Waals surface area contributed by atoms with Crippen LogP contribution in [0.1, 0.15) is 5.76 Å². The topological polar surface area (TPSA) is 88.3 Å². The summed E-state index contributed by atoms with van der Waals surface area (Å²) >= 11 is 2.95. The van der Waals surface area contributed by atoms with Gasteiger partial charge in [-0.2, -0.15) is 0 Å². The first kappa shape index (κ1) is 21.1. The van der Waals surface area contributed by atoms with Crippen LogP contribution in [0.25, 0.3) is 20.7 Å². The van der Waals surface area contributed by atoms with E-state index in [4.69, 9.17) is 4.42 Å². The molecule has 0 saturated carbocycles. The Morgan fingerprint density at radius 3 is 2.77 bits per heavy atom. The molecule has 4 aromatic rings. The highest BCUT2D eigenvalue weighted by Crippen LogP contribution is 2.36. The van der Waals surface area contributed by atoms with E-state index in [1.807, 2.05) is 18.2 Å². The second-order valence-electron chi connectivity index (χ2n) is 6.77. The highest BCUT2D eigenvalue weighted by molar-refractivity contribution is 8.00. The molecule has 2 amide bonds. The minimum Gasteiger partial charge on any atom is -0.467 e. The predicted molar refractivity (Wildman–Crippen MR) is 122 cm³/mol. The van der Waals surface area contributed by atoms with Gasteiger partial charge < -0.3 is 14.6 Å². The van der Waals surface area contributed by atoms with E-state index in [0.29, 0.717) is 12.3 Å². The Labute approximate surface area is 187 Å². The second kappa shape index (κ2) is 9.76. The molecule has 0 aliphatic carbocycles. The van der Waals surface area contributed by atoms with E-state index in [9.17, 15) is 9.59 Å². The van der Waals surface area contributed by atoms with Crippen molar-refractivity contribution in [1.82, 2.24) is 20.2 Å². The number of fused-ring (bicyclic) bond motifs is 1. The van der Waals surface area contributed by atoms with Crippen molar-refractivity contribution in [3.8, 4) is 10.4 Å². The zero-order valence-corrected chi connectivity index (χ0v) is 18.4. The van der Waals surface area contributed by atoms with Crippen LogP contribution in [-0.4, -0.2) is 46.0 Å². The number of hydrogen-bond acceptors (Lipinski definition) is 7. The van der Waals surface area contributed by atoms with Crippen LogP contribution in [0.2, 0.25) is 0 Å². The number of thioether (sulfide) groups is 1. The zero-order chi connectivity index (χ0) is 21.6. The van der Waals surface area contributed by atoms with Crippen LogP contribution in [0.3, 0.4) is 0 Å². The van der Waals surface area contributed by atoms with Gasteiger partial charge in [0, 0.05) is 17.3 Å². The molecule has 1 aromatic carbocycles. The number of amides is 2. The van der Waals surface area contributed by atoms with E-state index in [1.54, 1.807) is 36.8 Å².